The first-order chi connectivity index (χ1) is 15.3. The van der Waals surface area contributed by atoms with Gasteiger partial charge in [0.25, 0.3) is 0 Å². The zero-order chi connectivity index (χ0) is 21.2. The molecule has 0 radical (unpaired) electrons. The fourth-order valence-electron chi connectivity index (χ4n) is 3.92. The summed E-state index contributed by atoms with van der Waals surface area (Å²) in [5.74, 6) is 1.25. The molecule has 2 heterocycles. The zero-order valence-corrected chi connectivity index (χ0v) is 17.2. The monoisotopic (exact) mass is 406 g/mol. The van der Waals surface area contributed by atoms with Crippen molar-refractivity contribution < 1.29 is 0 Å². The van der Waals surface area contributed by atoms with E-state index in [1.54, 1.807) is 12.5 Å². The van der Waals surface area contributed by atoms with E-state index in [0.717, 1.165) is 27.7 Å². The van der Waals surface area contributed by atoms with Gasteiger partial charge in [0.1, 0.15) is 12.0 Å². The van der Waals surface area contributed by atoms with Gasteiger partial charge in [-0.15, -0.1) is 0 Å². The standard InChI is InChI=1S/C25H22N6/c1-2-31(22-14-5-9-17-8-3-4-10-18(17)22)25-23(26)24(28-16-29-25)30-21-13-6-12-20-19(21)11-7-15-27-20/h3-16H,2,26H2,1H3,(H,28,29,30). The van der Waals surface area contributed by atoms with Crippen molar-refractivity contribution in [1.29, 1.82) is 0 Å². The van der Waals surface area contributed by atoms with E-state index in [4.69, 9.17) is 5.73 Å². The van der Waals surface area contributed by atoms with Crippen LogP contribution in [0.3, 0.4) is 0 Å². The normalized spacial score (nSPS) is 11.0. The lowest BCUT2D eigenvalue weighted by molar-refractivity contribution is 0.985. The summed E-state index contributed by atoms with van der Waals surface area (Å²) in [5, 5.41) is 6.71. The van der Waals surface area contributed by atoms with Crippen molar-refractivity contribution in [1.82, 2.24) is 15.0 Å². The Morgan fingerprint density at radius 2 is 1.65 bits per heavy atom. The molecule has 0 bridgehead atoms. The third-order valence-electron chi connectivity index (χ3n) is 5.39. The average molecular weight is 406 g/mol. The molecular weight excluding hydrogens is 384 g/mol. The van der Waals surface area contributed by atoms with Crippen LogP contribution in [0.4, 0.5) is 28.7 Å². The van der Waals surface area contributed by atoms with Crippen LogP contribution in [-0.4, -0.2) is 21.5 Å². The smallest absolute Gasteiger partial charge is 0.161 e. The van der Waals surface area contributed by atoms with Crippen molar-refractivity contribution in [2.75, 3.05) is 22.5 Å². The molecule has 3 N–H and O–H groups in total. The van der Waals surface area contributed by atoms with E-state index in [9.17, 15) is 0 Å². The Labute approximate surface area is 180 Å². The van der Waals surface area contributed by atoms with Gasteiger partial charge in [0.15, 0.2) is 11.6 Å². The Bertz CT molecular complexity index is 1370. The quantitative estimate of drug-likeness (QED) is 0.392. The Balaban J connectivity index is 1.58. The Kier molecular flexibility index (Phi) is 4.80. The number of hydrogen-bond donors (Lipinski definition) is 2. The topological polar surface area (TPSA) is 80.0 Å². The van der Waals surface area contributed by atoms with Gasteiger partial charge in [0.2, 0.25) is 0 Å². The summed E-state index contributed by atoms with van der Waals surface area (Å²) in [7, 11) is 0. The van der Waals surface area contributed by atoms with Gasteiger partial charge in [-0.25, -0.2) is 9.97 Å². The third kappa shape index (κ3) is 3.38. The number of fused-ring (bicyclic) bond motifs is 2. The molecule has 0 aliphatic heterocycles. The second-order valence-corrected chi connectivity index (χ2v) is 7.20. The summed E-state index contributed by atoms with van der Waals surface area (Å²) in [6.07, 6.45) is 3.33. The predicted octanol–water partition coefficient (Wildman–Crippen LogP) is 5.66. The van der Waals surface area contributed by atoms with Gasteiger partial charge in [-0.3, -0.25) is 4.98 Å². The van der Waals surface area contributed by atoms with E-state index in [1.165, 1.54) is 5.39 Å². The van der Waals surface area contributed by atoms with Crippen molar-refractivity contribution in [2.45, 2.75) is 6.92 Å². The highest BCUT2D eigenvalue weighted by molar-refractivity contribution is 5.98. The predicted molar refractivity (Wildman–Crippen MR) is 128 cm³/mol. The molecule has 0 fully saturated rings. The van der Waals surface area contributed by atoms with Crippen LogP contribution in [0.2, 0.25) is 0 Å². The van der Waals surface area contributed by atoms with Crippen molar-refractivity contribution in [2.24, 2.45) is 0 Å². The Morgan fingerprint density at radius 3 is 2.55 bits per heavy atom. The number of nitrogens with two attached hydrogens (primary N) is 1. The van der Waals surface area contributed by atoms with Gasteiger partial charge in [0.05, 0.1) is 11.2 Å². The second kappa shape index (κ2) is 7.91. The first-order valence-electron chi connectivity index (χ1n) is 10.2. The fraction of sp³-hybridized carbons (Fsp3) is 0.0800. The Hall–Kier alpha value is -4.19. The number of nitrogens with zero attached hydrogens (tertiary/aromatic N) is 4. The van der Waals surface area contributed by atoms with E-state index in [1.807, 2.05) is 42.5 Å². The molecule has 0 spiro atoms. The molecule has 0 saturated carbocycles. The van der Waals surface area contributed by atoms with E-state index < -0.39 is 0 Å². The van der Waals surface area contributed by atoms with E-state index in [2.05, 4.69) is 62.4 Å². The maximum Gasteiger partial charge on any atom is 0.161 e. The molecule has 31 heavy (non-hydrogen) atoms. The molecule has 5 rings (SSSR count). The van der Waals surface area contributed by atoms with E-state index in [-0.39, 0.29) is 0 Å². The third-order valence-corrected chi connectivity index (χ3v) is 5.39. The fourth-order valence-corrected chi connectivity index (χ4v) is 3.92. The minimum atomic E-state index is 0.498. The van der Waals surface area contributed by atoms with Crippen molar-refractivity contribution in [3.05, 3.63) is 85.3 Å². The number of nitrogen functional groups attached to an aromatic ring is 1. The molecule has 0 amide bonds. The maximum absolute atomic E-state index is 6.59. The summed E-state index contributed by atoms with van der Waals surface area (Å²) < 4.78 is 0. The van der Waals surface area contributed by atoms with Crippen molar-refractivity contribution >= 4 is 50.4 Å². The van der Waals surface area contributed by atoms with Crippen LogP contribution in [-0.2, 0) is 0 Å². The molecule has 2 aromatic heterocycles. The molecule has 3 aromatic carbocycles. The minimum Gasteiger partial charge on any atom is -0.393 e. The average Bonchev–Trinajstić information content (AvgIpc) is 2.82. The highest BCUT2D eigenvalue weighted by Crippen LogP contribution is 2.37. The zero-order valence-electron chi connectivity index (χ0n) is 17.2. The number of aromatic nitrogens is 3. The van der Waals surface area contributed by atoms with Gasteiger partial charge in [0, 0.05) is 29.2 Å². The second-order valence-electron chi connectivity index (χ2n) is 7.20. The largest absolute Gasteiger partial charge is 0.393 e. The summed E-state index contributed by atoms with van der Waals surface area (Å²) in [5.41, 5.74) is 9.95. The first kappa shape index (κ1) is 18.8. The molecule has 0 unspecified atom stereocenters. The van der Waals surface area contributed by atoms with E-state index >= 15 is 0 Å². The molecular formula is C25H22N6. The summed E-state index contributed by atoms with van der Waals surface area (Å²) in [6.45, 7) is 2.81. The minimum absolute atomic E-state index is 0.498. The molecule has 0 atom stereocenters. The van der Waals surface area contributed by atoms with Crippen molar-refractivity contribution in [3.63, 3.8) is 0 Å². The number of hydrogen-bond acceptors (Lipinski definition) is 6. The lowest BCUT2D eigenvalue weighted by Gasteiger charge is -2.25. The molecule has 0 aliphatic carbocycles. The van der Waals surface area contributed by atoms with E-state index in [0.29, 0.717) is 23.9 Å². The van der Waals surface area contributed by atoms with Gasteiger partial charge < -0.3 is 16.0 Å². The maximum atomic E-state index is 6.59. The summed E-state index contributed by atoms with van der Waals surface area (Å²) >= 11 is 0. The molecule has 6 nitrogen and oxygen atoms in total. The van der Waals surface area contributed by atoms with Crippen LogP contribution in [0.15, 0.2) is 85.3 Å². The molecule has 152 valence electrons. The van der Waals surface area contributed by atoms with Crippen LogP contribution in [0.25, 0.3) is 21.7 Å². The highest BCUT2D eigenvalue weighted by atomic mass is 15.2. The van der Waals surface area contributed by atoms with Gasteiger partial charge >= 0.3 is 0 Å². The van der Waals surface area contributed by atoms with Crippen LogP contribution >= 0.6 is 0 Å². The molecule has 0 saturated heterocycles. The van der Waals surface area contributed by atoms with Crippen molar-refractivity contribution in [3.8, 4) is 0 Å². The molecule has 5 aromatic rings. The highest BCUT2D eigenvalue weighted by Gasteiger charge is 2.18. The van der Waals surface area contributed by atoms with Gasteiger partial charge in [-0.1, -0.05) is 42.5 Å². The van der Waals surface area contributed by atoms with Gasteiger partial charge in [-0.05, 0) is 42.6 Å². The van der Waals surface area contributed by atoms with Crippen LogP contribution < -0.4 is 16.0 Å². The van der Waals surface area contributed by atoms with Crippen LogP contribution in [0, 0.1) is 0 Å². The van der Waals surface area contributed by atoms with Crippen LogP contribution in [0.1, 0.15) is 6.92 Å². The number of anilines is 5. The first-order valence-corrected chi connectivity index (χ1v) is 10.2. The summed E-state index contributed by atoms with van der Waals surface area (Å²) in [4.78, 5) is 15.5. The lowest BCUT2D eigenvalue weighted by atomic mass is 10.1. The molecule has 6 heteroatoms. The number of nitrogens with one attached hydrogen (secondary N) is 1. The van der Waals surface area contributed by atoms with Crippen LogP contribution in [0.5, 0.6) is 0 Å². The van der Waals surface area contributed by atoms with Gasteiger partial charge in [-0.2, -0.15) is 0 Å². The Morgan fingerprint density at radius 1 is 0.839 bits per heavy atom. The number of pyridine rings is 1. The summed E-state index contributed by atoms with van der Waals surface area (Å²) in [6, 6.07) is 24.5. The molecule has 0 aliphatic rings. The number of rotatable bonds is 5. The number of benzene rings is 3. The SMILES string of the molecule is CCN(c1ncnc(Nc2cccc3ncccc23)c1N)c1cccc2ccccc12. The lowest BCUT2D eigenvalue weighted by Crippen LogP contribution is -2.20.